The largest absolute Gasteiger partial charge is 0.294 e. The number of rotatable bonds is 0. The molecule has 0 heterocycles. The minimum absolute atomic E-state index is 0.241. The molecule has 1 aliphatic rings. The summed E-state index contributed by atoms with van der Waals surface area (Å²) in [5.74, 6) is 1.11. The van der Waals surface area contributed by atoms with Crippen molar-refractivity contribution in [2.45, 2.75) is 27.2 Å². The Morgan fingerprint density at radius 1 is 1.50 bits per heavy atom. The molecule has 0 fully saturated rings. The van der Waals surface area contributed by atoms with Gasteiger partial charge >= 0.3 is 0 Å². The Hall–Kier alpha value is -0.590. The predicted molar refractivity (Wildman–Crippen MR) is 41.7 cm³/mol. The highest BCUT2D eigenvalue weighted by Crippen LogP contribution is 2.25. The molecule has 1 rings (SSSR count). The molecule has 0 aromatic carbocycles. The first kappa shape index (κ1) is 7.52. The molecule has 0 aromatic rings. The Bertz CT molecular complexity index is 179. The molecule has 0 saturated carbocycles. The van der Waals surface area contributed by atoms with Crippen molar-refractivity contribution in [1.82, 2.24) is 0 Å². The van der Waals surface area contributed by atoms with Gasteiger partial charge in [-0.1, -0.05) is 19.9 Å². The summed E-state index contributed by atoms with van der Waals surface area (Å²) >= 11 is 0. The first-order chi connectivity index (χ1) is 4.63. The van der Waals surface area contributed by atoms with Gasteiger partial charge in [0.2, 0.25) is 0 Å². The second-order valence-electron chi connectivity index (χ2n) is 3.25. The highest BCUT2D eigenvalue weighted by molar-refractivity contribution is 5.97. The molecule has 0 unspecified atom stereocenters. The van der Waals surface area contributed by atoms with Crippen LogP contribution in [0.1, 0.15) is 27.2 Å². The van der Waals surface area contributed by atoms with Crippen molar-refractivity contribution in [1.29, 1.82) is 0 Å². The summed E-state index contributed by atoms with van der Waals surface area (Å²) in [6, 6.07) is 0. The topological polar surface area (TPSA) is 17.1 Å². The van der Waals surface area contributed by atoms with E-state index in [1.165, 1.54) is 0 Å². The molecule has 0 aromatic heterocycles. The molecule has 1 nitrogen and oxygen atoms in total. The number of ketones is 1. The van der Waals surface area contributed by atoms with E-state index < -0.39 is 0 Å². The van der Waals surface area contributed by atoms with Gasteiger partial charge in [0.05, 0.1) is 0 Å². The fraction of sp³-hybridized carbons (Fsp3) is 0.667. The molecule has 0 amide bonds. The van der Waals surface area contributed by atoms with Gasteiger partial charge in [-0.15, -0.1) is 0 Å². The SMILES string of the molecule is CC1=CC[C@@H](C)[C@H](C)C1=O. The van der Waals surface area contributed by atoms with E-state index in [9.17, 15) is 4.79 Å². The van der Waals surface area contributed by atoms with Crippen LogP contribution in [0.5, 0.6) is 0 Å². The normalized spacial score (nSPS) is 33.9. The van der Waals surface area contributed by atoms with Gasteiger partial charge < -0.3 is 0 Å². The lowest BCUT2D eigenvalue weighted by atomic mass is 9.81. The fourth-order valence-corrected chi connectivity index (χ4v) is 1.28. The minimum Gasteiger partial charge on any atom is -0.294 e. The van der Waals surface area contributed by atoms with E-state index in [0.29, 0.717) is 11.7 Å². The molecular weight excluding hydrogens is 124 g/mol. The first-order valence-electron chi connectivity index (χ1n) is 3.84. The summed E-state index contributed by atoms with van der Waals surface area (Å²) in [5.41, 5.74) is 0.950. The molecule has 0 radical (unpaired) electrons. The number of hydrogen-bond acceptors (Lipinski definition) is 1. The van der Waals surface area contributed by atoms with Gasteiger partial charge in [0.15, 0.2) is 5.78 Å². The van der Waals surface area contributed by atoms with E-state index in [1.54, 1.807) is 0 Å². The summed E-state index contributed by atoms with van der Waals surface area (Å²) in [7, 11) is 0. The third kappa shape index (κ3) is 1.13. The van der Waals surface area contributed by atoms with Crippen LogP contribution in [-0.4, -0.2) is 5.78 Å². The first-order valence-corrected chi connectivity index (χ1v) is 3.84. The van der Waals surface area contributed by atoms with Crippen LogP contribution < -0.4 is 0 Å². The molecule has 2 atom stereocenters. The lowest BCUT2D eigenvalue weighted by Gasteiger charge is -2.22. The molecule has 1 heteroatoms. The third-order valence-electron chi connectivity index (χ3n) is 2.45. The lowest BCUT2D eigenvalue weighted by molar-refractivity contribution is -0.120. The minimum atomic E-state index is 0.241. The van der Waals surface area contributed by atoms with Crippen LogP contribution >= 0.6 is 0 Å². The van der Waals surface area contributed by atoms with Crippen molar-refractivity contribution >= 4 is 5.78 Å². The van der Waals surface area contributed by atoms with Crippen LogP contribution in [0, 0.1) is 11.8 Å². The Morgan fingerprint density at radius 2 is 2.10 bits per heavy atom. The number of Topliss-reactive ketones (excluding diaryl/α,β-unsaturated/α-hetero) is 1. The molecule has 0 spiro atoms. The Morgan fingerprint density at radius 3 is 2.60 bits per heavy atom. The van der Waals surface area contributed by atoms with E-state index in [1.807, 2.05) is 19.9 Å². The van der Waals surface area contributed by atoms with E-state index in [0.717, 1.165) is 12.0 Å². The second-order valence-corrected chi connectivity index (χ2v) is 3.25. The second kappa shape index (κ2) is 2.57. The van der Waals surface area contributed by atoms with Gasteiger partial charge in [-0.2, -0.15) is 0 Å². The van der Waals surface area contributed by atoms with Crippen LogP contribution in [0.4, 0.5) is 0 Å². The molecule has 1 aliphatic carbocycles. The monoisotopic (exact) mass is 138 g/mol. The van der Waals surface area contributed by atoms with Crippen molar-refractivity contribution in [2.75, 3.05) is 0 Å². The summed E-state index contributed by atoms with van der Waals surface area (Å²) in [6.07, 6.45) is 3.12. The van der Waals surface area contributed by atoms with E-state index in [-0.39, 0.29) is 5.92 Å². The summed E-state index contributed by atoms with van der Waals surface area (Å²) < 4.78 is 0. The average Bonchev–Trinajstić information content (AvgIpc) is 1.93. The van der Waals surface area contributed by atoms with Crippen molar-refractivity contribution in [3.63, 3.8) is 0 Å². The molecule has 0 saturated heterocycles. The maximum absolute atomic E-state index is 11.3. The van der Waals surface area contributed by atoms with Gasteiger partial charge in [-0.3, -0.25) is 4.79 Å². The highest BCUT2D eigenvalue weighted by atomic mass is 16.1. The highest BCUT2D eigenvalue weighted by Gasteiger charge is 2.24. The zero-order valence-electron chi connectivity index (χ0n) is 6.85. The fourth-order valence-electron chi connectivity index (χ4n) is 1.28. The molecule has 0 aliphatic heterocycles. The zero-order chi connectivity index (χ0) is 7.72. The van der Waals surface area contributed by atoms with E-state index in [2.05, 4.69) is 6.92 Å². The van der Waals surface area contributed by atoms with E-state index >= 15 is 0 Å². The van der Waals surface area contributed by atoms with Crippen molar-refractivity contribution < 1.29 is 4.79 Å². The molecule has 56 valence electrons. The molecule has 10 heavy (non-hydrogen) atoms. The smallest absolute Gasteiger partial charge is 0.161 e. The number of carbonyl (C=O) groups excluding carboxylic acids is 1. The van der Waals surface area contributed by atoms with Crippen LogP contribution in [0.25, 0.3) is 0 Å². The van der Waals surface area contributed by atoms with Gasteiger partial charge in [0.25, 0.3) is 0 Å². The third-order valence-corrected chi connectivity index (χ3v) is 2.45. The van der Waals surface area contributed by atoms with Crippen molar-refractivity contribution in [3.8, 4) is 0 Å². The predicted octanol–water partition coefficient (Wildman–Crippen LogP) is 2.18. The maximum Gasteiger partial charge on any atom is 0.161 e. The maximum atomic E-state index is 11.3. The standard InChI is InChI=1S/C9H14O/c1-6-4-5-7(2)9(10)8(6)3/h5-6,8H,4H2,1-3H3/t6-,8+/m1/s1. The quantitative estimate of drug-likeness (QED) is 0.501. The zero-order valence-corrected chi connectivity index (χ0v) is 6.85. The lowest BCUT2D eigenvalue weighted by Crippen LogP contribution is -2.23. The van der Waals surface area contributed by atoms with Crippen LogP contribution in [0.2, 0.25) is 0 Å². The van der Waals surface area contributed by atoms with Crippen LogP contribution in [0.3, 0.4) is 0 Å². The Balaban J connectivity index is 2.81. The summed E-state index contributed by atoms with van der Waals surface area (Å²) in [4.78, 5) is 11.3. The van der Waals surface area contributed by atoms with Crippen LogP contribution in [-0.2, 0) is 4.79 Å². The average molecular weight is 138 g/mol. The van der Waals surface area contributed by atoms with Crippen LogP contribution in [0.15, 0.2) is 11.6 Å². The van der Waals surface area contributed by atoms with Gasteiger partial charge in [0, 0.05) is 5.92 Å². The molecule has 0 bridgehead atoms. The molecular formula is C9H14O. The number of allylic oxidation sites excluding steroid dienone is 2. The Kier molecular flexibility index (Phi) is 1.93. The number of carbonyl (C=O) groups is 1. The van der Waals surface area contributed by atoms with Gasteiger partial charge in [-0.25, -0.2) is 0 Å². The van der Waals surface area contributed by atoms with Gasteiger partial charge in [-0.05, 0) is 24.8 Å². The summed E-state index contributed by atoms with van der Waals surface area (Å²) in [5, 5.41) is 0. The van der Waals surface area contributed by atoms with E-state index in [4.69, 9.17) is 0 Å². The number of hydrogen-bond donors (Lipinski definition) is 0. The van der Waals surface area contributed by atoms with Crippen molar-refractivity contribution in [2.24, 2.45) is 11.8 Å². The van der Waals surface area contributed by atoms with Crippen molar-refractivity contribution in [3.05, 3.63) is 11.6 Å². The summed E-state index contributed by atoms with van der Waals surface area (Å²) in [6.45, 7) is 6.06. The molecule has 0 N–H and O–H groups in total. The van der Waals surface area contributed by atoms with Gasteiger partial charge in [0.1, 0.15) is 0 Å². The Labute approximate surface area is 62.1 Å².